The number of likely N-dealkylation sites (N-methyl/N-ethyl adjacent to an activating group) is 1. The van der Waals surface area contributed by atoms with Crippen molar-refractivity contribution in [3.8, 4) is 0 Å². The summed E-state index contributed by atoms with van der Waals surface area (Å²) in [4.78, 5) is 5.12. The molecule has 0 aromatic heterocycles. The monoisotopic (exact) mass is 259 g/mol. The predicted octanol–water partition coefficient (Wildman–Crippen LogP) is 2.05. The summed E-state index contributed by atoms with van der Waals surface area (Å²) in [6.07, 6.45) is 2.47. The van der Waals surface area contributed by atoms with Gasteiger partial charge in [-0.1, -0.05) is 18.2 Å². The lowest BCUT2D eigenvalue weighted by molar-refractivity contribution is 0.196. The zero-order valence-electron chi connectivity index (χ0n) is 12.1. The van der Waals surface area contributed by atoms with Gasteiger partial charge in [-0.2, -0.15) is 0 Å². The minimum Gasteiger partial charge on any atom is -0.380 e. The molecule has 0 bridgehead atoms. The van der Waals surface area contributed by atoms with Crippen molar-refractivity contribution in [1.29, 1.82) is 0 Å². The second-order valence-electron chi connectivity index (χ2n) is 6.16. The van der Waals surface area contributed by atoms with Gasteiger partial charge in [0.2, 0.25) is 0 Å². The smallest absolute Gasteiger partial charge is 0.0429 e. The molecule has 19 heavy (non-hydrogen) atoms. The second kappa shape index (κ2) is 5.51. The number of rotatable bonds is 2. The zero-order valence-corrected chi connectivity index (χ0v) is 12.1. The second-order valence-corrected chi connectivity index (χ2v) is 6.16. The Morgan fingerprint density at radius 1 is 1.26 bits per heavy atom. The van der Waals surface area contributed by atoms with Gasteiger partial charge in [-0.3, -0.25) is 4.90 Å². The van der Waals surface area contributed by atoms with Crippen LogP contribution in [0.1, 0.15) is 18.9 Å². The normalized spacial score (nSPS) is 28.7. The molecule has 0 radical (unpaired) electrons. The summed E-state index contributed by atoms with van der Waals surface area (Å²) in [5.74, 6) is 0. The maximum absolute atomic E-state index is 3.68. The van der Waals surface area contributed by atoms with Crippen molar-refractivity contribution in [1.82, 2.24) is 9.80 Å². The van der Waals surface area contributed by atoms with E-state index < -0.39 is 0 Å². The summed E-state index contributed by atoms with van der Waals surface area (Å²) in [5, 5.41) is 3.68. The van der Waals surface area contributed by atoms with E-state index in [1.807, 2.05) is 0 Å². The molecule has 104 valence electrons. The minimum absolute atomic E-state index is 0.586. The third kappa shape index (κ3) is 2.93. The summed E-state index contributed by atoms with van der Waals surface area (Å²) < 4.78 is 0. The van der Waals surface area contributed by atoms with Gasteiger partial charge in [-0.25, -0.2) is 0 Å². The number of hydrogen-bond acceptors (Lipinski definition) is 3. The summed E-state index contributed by atoms with van der Waals surface area (Å²) in [6, 6.07) is 9.97. The van der Waals surface area contributed by atoms with Crippen LogP contribution in [0.5, 0.6) is 0 Å². The van der Waals surface area contributed by atoms with Gasteiger partial charge in [-0.05, 0) is 51.5 Å². The summed E-state index contributed by atoms with van der Waals surface area (Å²) >= 11 is 0. The molecule has 1 saturated heterocycles. The van der Waals surface area contributed by atoms with E-state index in [9.17, 15) is 0 Å². The van der Waals surface area contributed by atoms with E-state index in [4.69, 9.17) is 0 Å². The van der Waals surface area contributed by atoms with Crippen molar-refractivity contribution in [3.05, 3.63) is 29.8 Å². The Kier molecular flexibility index (Phi) is 3.76. The fraction of sp³-hybridized carbons (Fsp3) is 0.625. The molecule has 2 heterocycles. The molecular formula is C16H25N3. The first-order valence-corrected chi connectivity index (χ1v) is 7.49. The molecule has 3 nitrogen and oxygen atoms in total. The van der Waals surface area contributed by atoms with Gasteiger partial charge in [0.15, 0.2) is 0 Å². The fourth-order valence-corrected chi connectivity index (χ4v) is 3.46. The van der Waals surface area contributed by atoms with Gasteiger partial charge in [0.25, 0.3) is 0 Å². The number of nitrogens with zero attached hydrogens (tertiary/aromatic N) is 2. The highest BCUT2D eigenvalue weighted by atomic mass is 15.2. The molecule has 2 atom stereocenters. The molecule has 1 N–H and O–H groups in total. The van der Waals surface area contributed by atoms with Crippen molar-refractivity contribution in [2.75, 3.05) is 38.5 Å². The summed E-state index contributed by atoms with van der Waals surface area (Å²) in [5.41, 5.74) is 2.82. The fourth-order valence-electron chi connectivity index (χ4n) is 3.46. The molecule has 1 aromatic rings. The molecule has 0 amide bonds. The van der Waals surface area contributed by atoms with Crippen molar-refractivity contribution in [3.63, 3.8) is 0 Å². The van der Waals surface area contributed by atoms with Crippen LogP contribution in [0.15, 0.2) is 24.3 Å². The number of para-hydroxylation sites is 1. The van der Waals surface area contributed by atoms with E-state index in [0.717, 1.165) is 0 Å². The van der Waals surface area contributed by atoms with Crippen molar-refractivity contribution >= 4 is 5.69 Å². The number of fused-ring (bicyclic) bond motifs is 1. The maximum Gasteiger partial charge on any atom is 0.0429 e. The highest BCUT2D eigenvalue weighted by molar-refractivity contribution is 5.56. The van der Waals surface area contributed by atoms with E-state index in [0.29, 0.717) is 12.1 Å². The number of anilines is 1. The SMILES string of the molecule is CC1CN(C)CCCN1CC1Cc2ccccc2N1. The first kappa shape index (κ1) is 12.9. The Morgan fingerprint density at radius 3 is 2.95 bits per heavy atom. The van der Waals surface area contributed by atoms with Crippen LogP contribution in [0, 0.1) is 0 Å². The topological polar surface area (TPSA) is 18.5 Å². The summed E-state index contributed by atoms with van der Waals surface area (Å²) in [7, 11) is 2.24. The van der Waals surface area contributed by atoms with Crippen LogP contribution in [0.3, 0.4) is 0 Å². The first-order chi connectivity index (χ1) is 9.22. The third-order valence-corrected chi connectivity index (χ3v) is 4.48. The largest absolute Gasteiger partial charge is 0.380 e. The number of benzene rings is 1. The molecule has 0 spiro atoms. The molecular weight excluding hydrogens is 234 g/mol. The highest BCUT2D eigenvalue weighted by Crippen LogP contribution is 2.26. The van der Waals surface area contributed by atoms with E-state index in [-0.39, 0.29) is 0 Å². The van der Waals surface area contributed by atoms with Gasteiger partial charge < -0.3 is 10.2 Å². The first-order valence-electron chi connectivity index (χ1n) is 7.49. The van der Waals surface area contributed by atoms with Crippen molar-refractivity contribution in [2.45, 2.75) is 31.8 Å². The molecule has 1 fully saturated rings. The van der Waals surface area contributed by atoms with Crippen molar-refractivity contribution < 1.29 is 0 Å². The van der Waals surface area contributed by atoms with Crippen LogP contribution in [-0.2, 0) is 6.42 Å². The minimum atomic E-state index is 0.586. The van der Waals surface area contributed by atoms with Crippen LogP contribution in [0.2, 0.25) is 0 Å². The Bertz CT molecular complexity index is 407. The van der Waals surface area contributed by atoms with E-state index in [1.165, 1.54) is 50.3 Å². The molecule has 0 saturated carbocycles. The van der Waals surface area contributed by atoms with Crippen LogP contribution >= 0.6 is 0 Å². The standard InChI is InChI=1S/C16H25N3/c1-13-11-18(2)8-5-9-19(13)12-15-10-14-6-3-4-7-16(14)17-15/h3-4,6-7,13,15,17H,5,8-12H2,1-2H3. The van der Waals surface area contributed by atoms with E-state index in [2.05, 4.69) is 53.4 Å². The average molecular weight is 259 g/mol. The van der Waals surface area contributed by atoms with Gasteiger partial charge >= 0.3 is 0 Å². The molecule has 3 rings (SSSR count). The van der Waals surface area contributed by atoms with Crippen LogP contribution in [0.4, 0.5) is 5.69 Å². The van der Waals surface area contributed by atoms with Gasteiger partial charge in [0.1, 0.15) is 0 Å². The highest BCUT2D eigenvalue weighted by Gasteiger charge is 2.26. The van der Waals surface area contributed by atoms with Crippen LogP contribution < -0.4 is 5.32 Å². The summed E-state index contributed by atoms with van der Waals surface area (Å²) in [6.45, 7) is 7.20. The number of hydrogen-bond donors (Lipinski definition) is 1. The molecule has 2 aliphatic heterocycles. The molecule has 2 aliphatic rings. The van der Waals surface area contributed by atoms with Gasteiger partial charge in [0, 0.05) is 30.9 Å². The number of nitrogens with one attached hydrogen (secondary N) is 1. The van der Waals surface area contributed by atoms with Crippen LogP contribution in [0.25, 0.3) is 0 Å². The average Bonchev–Trinajstić information content (AvgIpc) is 2.72. The van der Waals surface area contributed by atoms with Gasteiger partial charge in [0.05, 0.1) is 0 Å². The third-order valence-electron chi connectivity index (χ3n) is 4.48. The lowest BCUT2D eigenvalue weighted by atomic mass is 10.1. The van der Waals surface area contributed by atoms with E-state index in [1.54, 1.807) is 0 Å². The molecule has 3 heteroatoms. The van der Waals surface area contributed by atoms with Crippen LogP contribution in [-0.4, -0.2) is 55.1 Å². The maximum atomic E-state index is 3.68. The zero-order chi connectivity index (χ0) is 13.2. The molecule has 1 aromatic carbocycles. The Morgan fingerprint density at radius 2 is 2.11 bits per heavy atom. The Hall–Kier alpha value is -1.06. The Balaban J connectivity index is 1.61. The Labute approximate surface area is 116 Å². The lowest BCUT2D eigenvalue weighted by Gasteiger charge is -2.30. The quantitative estimate of drug-likeness (QED) is 0.877. The molecule has 2 unspecified atom stereocenters. The predicted molar refractivity (Wildman–Crippen MR) is 80.7 cm³/mol. The van der Waals surface area contributed by atoms with E-state index >= 15 is 0 Å². The molecule has 0 aliphatic carbocycles. The van der Waals surface area contributed by atoms with Gasteiger partial charge in [-0.15, -0.1) is 0 Å². The van der Waals surface area contributed by atoms with Crippen molar-refractivity contribution in [2.24, 2.45) is 0 Å². The lowest BCUT2D eigenvalue weighted by Crippen LogP contribution is -2.43.